The maximum Gasteiger partial charge on any atom is 0.490 e. The second-order valence-corrected chi connectivity index (χ2v) is 12.6. The van der Waals surface area contributed by atoms with E-state index in [4.69, 9.17) is 19.8 Å². The number of fused-ring (bicyclic) bond motifs is 1. The SMILES string of the molecule is C[C@@](CCn1cnc2cc(-c3ccc(CN4CCOCC4)cc3F)ccc2c1=O)(C(=O)NO)S(C)(=O)=O.O=C(O)C(F)(F)F. The first-order chi connectivity index (χ1) is 20.5. The van der Waals surface area contributed by atoms with E-state index in [1.165, 1.54) is 29.4 Å². The summed E-state index contributed by atoms with van der Waals surface area (Å²) in [5.74, 6) is -4.22. The number of rotatable bonds is 8. The van der Waals surface area contributed by atoms with Crippen molar-refractivity contribution in [2.45, 2.75) is 37.4 Å². The van der Waals surface area contributed by atoms with E-state index in [2.05, 4.69) is 9.88 Å². The molecule has 1 aromatic heterocycles. The Hall–Kier alpha value is -3.93. The van der Waals surface area contributed by atoms with Crippen molar-refractivity contribution in [3.8, 4) is 11.1 Å². The number of carboxylic acids is 1. The van der Waals surface area contributed by atoms with E-state index < -0.39 is 38.2 Å². The molecule has 17 heteroatoms. The molecule has 240 valence electrons. The molecule has 1 aliphatic rings. The number of aliphatic carboxylic acids is 1. The van der Waals surface area contributed by atoms with Crippen LogP contribution in [0.4, 0.5) is 17.6 Å². The number of ether oxygens (including phenoxy) is 1. The number of nitrogens with zero attached hydrogens (tertiary/aromatic N) is 3. The van der Waals surface area contributed by atoms with Gasteiger partial charge in [-0.2, -0.15) is 13.2 Å². The summed E-state index contributed by atoms with van der Waals surface area (Å²) in [5.41, 5.74) is 3.12. The molecular formula is C27H30F4N4O8S. The Kier molecular flexibility index (Phi) is 10.8. The second kappa shape index (κ2) is 13.8. The van der Waals surface area contributed by atoms with E-state index in [1.807, 2.05) is 6.07 Å². The van der Waals surface area contributed by atoms with Crippen molar-refractivity contribution in [3.63, 3.8) is 0 Å². The largest absolute Gasteiger partial charge is 0.490 e. The lowest BCUT2D eigenvalue weighted by molar-refractivity contribution is -0.192. The highest BCUT2D eigenvalue weighted by atomic mass is 32.2. The maximum absolute atomic E-state index is 15.0. The monoisotopic (exact) mass is 646 g/mol. The average Bonchev–Trinajstić information content (AvgIpc) is 2.96. The van der Waals surface area contributed by atoms with Gasteiger partial charge in [0, 0.05) is 38.0 Å². The summed E-state index contributed by atoms with van der Waals surface area (Å²) in [4.78, 5) is 40.5. The minimum Gasteiger partial charge on any atom is -0.475 e. The molecule has 0 bridgehead atoms. The summed E-state index contributed by atoms with van der Waals surface area (Å²) in [5, 5.41) is 16.4. The number of amides is 1. The van der Waals surface area contributed by atoms with E-state index in [9.17, 15) is 31.2 Å². The van der Waals surface area contributed by atoms with Crippen LogP contribution in [-0.4, -0.2) is 88.5 Å². The number of hydroxylamine groups is 1. The van der Waals surface area contributed by atoms with Gasteiger partial charge in [-0.25, -0.2) is 28.1 Å². The number of carbonyl (C=O) groups is 2. The number of benzene rings is 2. The highest BCUT2D eigenvalue weighted by Crippen LogP contribution is 2.27. The number of morpholine rings is 1. The molecule has 3 aromatic rings. The molecule has 0 spiro atoms. The lowest BCUT2D eigenvalue weighted by Gasteiger charge is -2.26. The van der Waals surface area contributed by atoms with Crippen molar-refractivity contribution in [2.24, 2.45) is 0 Å². The second-order valence-electron chi connectivity index (χ2n) is 10.2. The van der Waals surface area contributed by atoms with E-state index in [-0.39, 0.29) is 24.2 Å². The van der Waals surface area contributed by atoms with Gasteiger partial charge in [-0.3, -0.25) is 24.3 Å². The molecule has 0 aliphatic carbocycles. The van der Waals surface area contributed by atoms with Gasteiger partial charge < -0.3 is 9.84 Å². The molecule has 44 heavy (non-hydrogen) atoms. The van der Waals surface area contributed by atoms with Crippen LogP contribution in [0.1, 0.15) is 18.9 Å². The van der Waals surface area contributed by atoms with Gasteiger partial charge in [-0.1, -0.05) is 18.2 Å². The number of nitrogens with one attached hydrogen (secondary N) is 1. The van der Waals surface area contributed by atoms with Crippen LogP contribution in [0.25, 0.3) is 22.0 Å². The fourth-order valence-corrected chi connectivity index (χ4v) is 5.16. The zero-order valence-corrected chi connectivity index (χ0v) is 24.4. The lowest BCUT2D eigenvalue weighted by atomic mass is 10.0. The molecule has 3 N–H and O–H groups in total. The molecule has 1 amide bonds. The number of alkyl halides is 3. The predicted octanol–water partition coefficient (Wildman–Crippen LogP) is 2.37. The Morgan fingerprint density at radius 1 is 1.11 bits per heavy atom. The molecule has 0 unspecified atom stereocenters. The third kappa shape index (κ3) is 8.16. The van der Waals surface area contributed by atoms with Crippen LogP contribution in [-0.2, 0) is 37.3 Å². The molecule has 2 aromatic carbocycles. The first kappa shape index (κ1) is 34.6. The molecule has 1 saturated heterocycles. The van der Waals surface area contributed by atoms with Gasteiger partial charge in [-0.05, 0) is 42.7 Å². The van der Waals surface area contributed by atoms with Gasteiger partial charge >= 0.3 is 12.1 Å². The Morgan fingerprint density at radius 3 is 2.30 bits per heavy atom. The fourth-order valence-electron chi connectivity index (χ4n) is 4.31. The number of aryl methyl sites for hydroxylation is 1. The topological polar surface area (TPSA) is 168 Å². The van der Waals surface area contributed by atoms with Gasteiger partial charge in [0.1, 0.15) is 5.82 Å². The van der Waals surface area contributed by atoms with Crippen molar-refractivity contribution in [2.75, 3.05) is 32.6 Å². The van der Waals surface area contributed by atoms with Gasteiger partial charge in [0.15, 0.2) is 14.6 Å². The van der Waals surface area contributed by atoms with E-state index >= 15 is 4.39 Å². The summed E-state index contributed by atoms with van der Waals surface area (Å²) in [6.45, 7) is 4.64. The van der Waals surface area contributed by atoms with E-state index in [0.717, 1.165) is 24.9 Å². The molecule has 1 atom stereocenters. The number of aromatic nitrogens is 2. The number of hydrogen-bond acceptors (Lipinski definition) is 9. The summed E-state index contributed by atoms with van der Waals surface area (Å²) in [7, 11) is -3.90. The van der Waals surface area contributed by atoms with Crippen LogP contribution < -0.4 is 11.0 Å². The molecular weight excluding hydrogens is 616 g/mol. The summed E-state index contributed by atoms with van der Waals surface area (Å²) in [6, 6.07) is 9.92. The van der Waals surface area contributed by atoms with Crippen LogP contribution in [0.5, 0.6) is 0 Å². The normalized spacial score (nSPS) is 15.6. The molecule has 1 fully saturated rings. The van der Waals surface area contributed by atoms with E-state index in [1.54, 1.807) is 24.3 Å². The van der Waals surface area contributed by atoms with E-state index in [0.29, 0.717) is 36.4 Å². The van der Waals surface area contributed by atoms with Crippen molar-refractivity contribution >= 4 is 32.6 Å². The molecule has 4 rings (SSSR count). The Balaban J connectivity index is 0.000000676. The first-order valence-electron chi connectivity index (χ1n) is 13.0. The molecule has 2 heterocycles. The highest BCUT2D eigenvalue weighted by Gasteiger charge is 2.43. The third-order valence-electron chi connectivity index (χ3n) is 7.15. The molecule has 0 radical (unpaired) electrons. The average molecular weight is 647 g/mol. The van der Waals surface area contributed by atoms with Crippen LogP contribution in [0, 0.1) is 5.82 Å². The van der Waals surface area contributed by atoms with Gasteiger partial charge in [0.25, 0.3) is 11.5 Å². The summed E-state index contributed by atoms with van der Waals surface area (Å²) < 4.78 is 75.7. The van der Waals surface area contributed by atoms with Crippen LogP contribution in [0.15, 0.2) is 47.5 Å². The van der Waals surface area contributed by atoms with Crippen molar-refractivity contribution < 1.29 is 50.6 Å². The quantitative estimate of drug-likeness (QED) is 0.188. The number of carboxylic acid groups (broad SMARTS) is 1. The lowest BCUT2D eigenvalue weighted by Crippen LogP contribution is -2.50. The maximum atomic E-state index is 15.0. The van der Waals surface area contributed by atoms with Crippen molar-refractivity contribution in [3.05, 3.63) is 64.5 Å². The van der Waals surface area contributed by atoms with Gasteiger partial charge in [0.05, 0.1) is 30.4 Å². The molecule has 12 nitrogen and oxygen atoms in total. The Morgan fingerprint density at radius 2 is 1.75 bits per heavy atom. The standard InChI is InChI=1S/C25H29FN4O6S.C2HF3O2/c1-25(24(32)28-33,37(2,34)35)7-8-30-16-27-22-14-18(4-6-20(22)23(30)31)19-5-3-17(13-21(19)26)15-29-9-11-36-12-10-29;3-2(4,5)1(6)7/h3-6,13-14,16,33H,7-12,15H2,1-2H3,(H,28,32);(H,6,7)/t25-;/m1./s1. The van der Waals surface area contributed by atoms with Crippen LogP contribution in [0.3, 0.4) is 0 Å². The zero-order valence-electron chi connectivity index (χ0n) is 23.6. The third-order valence-corrected chi connectivity index (χ3v) is 9.18. The highest BCUT2D eigenvalue weighted by molar-refractivity contribution is 7.92. The molecule has 1 aliphatic heterocycles. The fraction of sp³-hybridized carbons (Fsp3) is 0.407. The number of halogens is 4. The van der Waals surface area contributed by atoms with Crippen LogP contribution >= 0.6 is 0 Å². The Bertz CT molecular complexity index is 1690. The zero-order chi connectivity index (χ0) is 32.9. The van der Waals surface area contributed by atoms with Gasteiger partial charge in [-0.15, -0.1) is 0 Å². The number of hydrogen-bond donors (Lipinski definition) is 3. The Labute approximate surface area is 248 Å². The number of sulfone groups is 1. The first-order valence-corrected chi connectivity index (χ1v) is 14.9. The number of carbonyl (C=O) groups excluding carboxylic acids is 1. The minimum atomic E-state index is -5.08. The summed E-state index contributed by atoms with van der Waals surface area (Å²) >= 11 is 0. The van der Waals surface area contributed by atoms with Crippen molar-refractivity contribution in [1.29, 1.82) is 0 Å². The summed E-state index contributed by atoms with van der Waals surface area (Å²) in [6.07, 6.45) is -3.19. The van der Waals surface area contributed by atoms with Gasteiger partial charge in [0.2, 0.25) is 0 Å². The van der Waals surface area contributed by atoms with Crippen LogP contribution in [0.2, 0.25) is 0 Å². The predicted molar refractivity (Wildman–Crippen MR) is 149 cm³/mol. The molecule has 0 saturated carbocycles. The van der Waals surface area contributed by atoms with Crippen molar-refractivity contribution in [1.82, 2.24) is 19.9 Å². The smallest absolute Gasteiger partial charge is 0.475 e. The minimum absolute atomic E-state index is 0.125.